The average Bonchev–Trinajstić information content (AvgIpc) is 2.36. The lowest BCUT2D eigenvalue weighted by molar-refractivity contribution is 0.0694. The molecule has 1 heterocycles. The summed E-state index contributed by atoms with van der Waals surface area (Å²) in [5.74, 6) is 0. The monoisotopic (exact) mass is 284 g/mol. The van der Waals surface area contributed by atoms with Crippen molar-refractivity contribution < 1.29 is 13.8 Å². The zero-order valence-corrected chi connectivity index (χ0v) is 12.2. The Kier molecular flexibility index (Phi) is 6.25. The van der Waals surface area contributed by atoms with E-state index in [1.165, 1.54) is 14.2 Å². The SMILES string of the molecule is COP(=S)(N=C(SC)N1CCOCC1)OC. The van der Waals surface area contributed by atoms with Gasteiger partial charge in [-0.15, -0.1) is 0 Å². The molecule has 0 radical (unpaired) electrons. The molecule has 5 nitrogen and oxygen atoms in total. The van der Waals surface area contributed by atoms with Gasteiger partial charge in [0.05, 0.1) is 13.2 Å². The van der Waals surface area contributed by atoms with Crippen molar-refractivity contribution in [3.8, 4) is 0 Å². The van der Waals surface area contributed by atoms with Crippen LogP contribution in [0.25, 0.3) is 0 Å². The van der Waals surface area contributed by atoms with E-state index in [4.69, 9.17) is 25.6 Å². The summed E-state index contributed by atoms with van der Waals surface area (Å²) in [5, 5.41) is 0.871. The molecule has 0 N–H and O–H groups in total. The molecule has 1 aliphatic rings. The molecule has 0 spiro atoms. The fourth-order valence-electron chi connectivity index (χ4n) is 1.25. The van der Waals surface area contributed by atoms with Crippen LogP contribution in [0.4, 0.5) is 0 Å². The van der Waals surface area contributed by atoms with Crippen molar-refractivity contribution in [2.24, 2.45) is 4.76 Å². The highest BCUT2D eigenvalue weighted by molar-refractivity contribution is 8.14. The molecule has 1 fully saturated rings. The average molecular weight is 284 g/mol. The Hall–Kier alpha value is 0.350. The van der Waals surface area contributed by atoms with Crippen LogP contribution in [0.1, 0.15) is 0 Å². The minimum Gasteiger partial charge on any atom is -0.378 e. The standard InChI is InChI=1S/C8H17N2O3PS2/c1-11-14(15,12-2)9-8(16-3)10-4-6-13-7-5-10/h4-7H2,1-3H3. The Morgan fingerprint density at radius 1 is 1.38 bits per heavy atom. The Balaban J connectivity index is 2.78. The molecule has 0 amide bonds. The highest BCUT2D eigenvalue weighted by atomic mass is 32.5. The van der Waals surface area contributed by atoms with Gasteiger partial charge in [0.2, 0.25) is 0 Å². The van der Waals surface area contributed by atoms with Crippen molar-refractivity contribution in [3.63, 3.8) is 0 Å². The third-order valence-corrected chi connectivity index (χ3v) is 5.48. The number of hydrogen-bond acceptors (Lipinski definition) is 5. The molecule has 0 aromatic rings. The minimum atomic E-state index is -2.50. The third-order valence-electron chi connectivity index (χ3n) is 2.13. The topological polar surface area (TPSA) is 43.3 Å². The summed E-state index contributed by atoms with van der Waals surface area (Å²) < 4.78 is 20.0. The van der Waals surface area contributed by atoms with Gasteiger partial charge in [-0.2, -0.15) is 4.76 Å². The quantitative estimate of drug-likeness (QED) is 0.445. The number of nitrogens with zero attached hydrogens (tertiary/aromatic N) is 2. The summed E-state index contributed by atoms with van der Waals surface area (Å²) in [4.78, 5) is 2.15. The molecule has 1 aliphatic heterocycles. The van der Waals surface area contributed by atoms with E-state index in [0.29, 0.717) is 0 Å². The molecule has 1 saturated heterocycles. The number of rotatable bonds is 3. The molecule has 0 unspecified atom stereocenters. The Labute approximate surface area is 106 Å². The van der Waals surface area contributed by atoms with Crippen LogP contribution < -0.4 is 0 Å². The fourth-order valence-corrected chi connectivity index (χ4v) is 3.37. The van der Waals surface area contributed by atoms with Crippen LogP contribution in [0.3, 0.4) is 0 Å². The molecule has 94 valence electrons. The number of thioether (sulfide) groups is 1. The second kappa shape index (κ2) is 6.93. The van der Waals surface area contributed by atoms with Crippen LogP contribution in [0, 0.1) is 0 Å². The van der Waals surface area contributed by atoms with Gasteiger partial charge in [0, 0.05) is 27.3 Å². The van der Waals surface area contributed by atoms with Crippen LogP contribution in [0.5, 0.6) is 0 Å². The highest BCUT2D eigenvalue weighted by Gasteiger charge is 2.20. The smallest absolute Gasteiger partial charge is 0.310 e. The van der Waals surface area contributed by atoms with E-state index in [1.54, 1.807) is 11.8 Å². The zero-order chi connectivity index (χ0) is 12.0. The van der Waals surface area contributed by atoms with Crippen LogP contribution in [0.15, 0.2) is 4.76 Å². The van der Waals surface area contributed by atoms with E-state index in [0.717, 1.165) is 31.5 Å². The van der Waals surface area contributed by atoms with Gasteiger partial charge >= 0.3 is 6.64 Å². The van der Waals surface area contributed by atoms with Crippen LogP contribution >= 0.6 is 18.4 Å². The molecule has 0 atom stereocenters. The normalized spacial score (nSPS) is 18.9. The fraction of sp³-hybridized carbons (Fsp3) is 0.875. The van der Waals surface area contributed by atoms with Crippen molar-refractivity contribution in [1.82, 2.24) is 4.90 Å². The molecule has 8 heteroatoms. The second-order valence-corrected chi connectivity index (χ2v) is 7.04. The highest BCUT2D eigenvalue weighted by Crippen LogP contribution is 2.49. The third kappa shape index (κ3) is 3.98. The molecular weight excluding hydrogens is 267 g/mol. The van der Waals surface area contributed by atoms with Gasteiger partial charge in [-0.1, -0.05) is 11.8 Å². The minimum absolute atomic E-state index is 0.725. The molecule has 16 heavy (non-hydrogen) atoms. The molecule has 1 rings (SSSR count). The van der Waals surface area contributed by atoms with Gasteiger partial charge in [-0.05, 0) is 18.1 Å². The van der Waals surface area contributed by atoms with Crippen LogP contribution in [-0.4, -0.2) is 56.8 Å². The van der Waals surface area contributed by atoms with Crippen molar-refractivity contribution in [2.45, 2.75) is 0 Å². The summed E-state index contributed by atoms with van der Waals surface area (Å²) in [6.45, 7) is 0.618. The van der Waals surface area contributed by atoms with E-state index in [1.807, 2.05) is 6.26 Å². The Bertz CT molecular complexity index is 287. The van der Waals surface area contributed by atoms with E-state index >= 15 is 0 Å². The van der Waals surface area contributed by atoms with Gasteiger partial charge in [0.25, 0.3) is 0 Å². The van der Waals surface area contributed by atoms with Gasteiger partial charge in [-0.3, -0.25) is 0 Å². The van der Waals surface area contributed by atoms with Crippen molar-refractivity contribution in [1.29, 1.82) is 0 Å². The van der Waals surface area contributed by atoms with Crippen LogP contribution in [0.2, 0.25) is 0 Å². The van der Waals surface area contributed by atoms with E-state index in [9.17, 15) is 0 Å². The molecular formula is C8H17N2O3PS2. The number of amidine groups is 1. The van der Waals surface area contributed by atoms with Crippen LogP contribution in [-0.2, 0) is 25.6 Å². The number of ether oxygens (including phenoxy) is 1. The first-order chi connectivity index (χ1) is 7.65. The maximum atomic E-state index is 5.29. The number of hydrogen-bond donors (Lipinski definition) is 0. The van der Waals surface area contributed by atoms with Crippen molar-refractivity contribution in [2.75, 3.05) is 46.8 Å². The van der Waals surface area contributed by atoms with Gasteiger partial charge in [-0.25, -0.2) is 0 Å². The maximum absolute atomic E-state index is 5.29. The molecule has 0 aliphatic carbocycles. The van der Waals surface area contributed by atoms with E-state index < -0.39 is 6.64 Å². The van der Waals surface area contributed by atoms with Crippen molar-refractivity contribution >= 4 is 35.4 Å². The van der Waals surface area contributed by atoms with Gasteiger partial charge in [0.15, 0.2) is 5.17 Å². The molecule has 0 aromatic heterocycles. The lowest BCUT2D eigenvalue weighted by Crippen LogP contribution is -2.39. The molecule has 0 aromatic carbocycles. The lowest BCUT2D eigenvalue weighted by Gasteiger charge is -2.29. The predicted molar refractivity (Wildman–Crippen MR) is 71.6 cm³/mol. The van der Waals surface area contributed by atoms with Gasteiger partial charge < -0.3 is 18.7 Å². The summed E-state index contributed by atoms with van der Waals surface area (Å²) >= 11 is 6.78. The Morgan fingerprint density at radius 3 is 2.38 bits per heavy atom. The Morgan fingerprint density at radius 2 is 1.94 bits per heavy atom. The van der Waals surface area contributed by atoms with E-state index in [2.05, 4.69) is 9.66 Å². The summed E-state index contributed by atoms with van der Waals surface area (Å²) in [6.07, 6.45) is 1.97. The predicted octanol–water partition coefficient (Wildman–Crippen LogP) is 1.55. The summed E-state index contributed by atoms with van der Waals surface area (Å²) in [6, 6.07) is 0. The zero-order valence-electron chi connectivity index (χ0n) is 9.71. The first kappa shape index (κ1) is 14.4. The number of morpholine rings is 1. The summed E-state index contributed by atoms with van der Waals surface area (Å²) in [5.41, 5.74) is 0. The molecule has 0 saturated carbocycles. The van der Waals surface area contributed by atoms with E-state index in [-0.39, 0.29) is 0 Å². The first-order valence-corrected chi connectivity index (χ1v) is 8.65. The second-order valence-electron chi connectivity index (χ2n) is 3.02. The molecule has 0 bridgehead atoms. The first-order valence-electron chi connectivity index (χ1n) is 4.83. The maximum Gasteiger partial charge on any atom is 0.310 e. The largest absolute Gasteiger partial charge is 0.378 e. The lowest BCUT2D eigenvalue weighted by atomic mass is 10.5. The van der Waals surface area contributed by atoms with Gasteiger partial charge in [0.1, 0.15) is 0 Å². The van der Waals surface area contributed by atoms with Crippen molar-refractivity contribution in [3.05, 3.63) is 0 Å². The summed E-state index contributed by atoms with van der Waals surface area (Å²) in [7, 11) is 3.07.